The summed E-state index contributed by atoms with van der Waals surface area (Å²) < 4.78 is 9.39. The Bertz CT molecular complexity index is 3900. The van der Waals surface area contributed by atoms with E-state index in [-0.39, 0.29) is 6.04 Å². The first-order valence-electron chi connectivity index (χ1n) is 20.8. The zero-order valence-corrected chi connectivity index (χ0v) is 33.0. The molecular weight excluding hydrogens is 743 g/mol. The van der Waals surface area contributed by atoms with Crippen LogP contribution in [-0.2, 0) is 0 Å². The van der Waals surface area contributed by atoms with Gasteiger partial charge in [-0.3, -0.25) is 4.99 Å². The highest BCUT2D eigenvalue weighted by Crippen LogP contribution is 2.44. The van der Waals surface area contributed by atoms with Crippen LogP contribution in [0.25, 0.3) is 92.5 Å². The van der Waals surface area contributed by atoms with Crippen molar-refractivity contribution in [3.05, 3.63) is 223 Å². The van der Waals surface area contributed by atoms with Gasteiger partial charge in [-0.25, -0.2) is 4.99 Å². The minimum Gasteiger partial charge on any atom is -0.454 e. The number of aromatic nitrogens is 1. The average molecular weight is 778 g/mol. The van der Waals surface area contributed by atoms with Crippen molar-refractivity contribution < 1.29 is 4.42 Å². The molecule has 0 unspecified atom stereocenters. The van der Waals surface area contributed by atoms with Crippen molar-refractivity contribution >= 4 is 98.4 Å². The number of amidine groups is 1. The van der Waals surface area contributed by atoms with E-state index in [1.54, 1.807) is 0 Å². The van der Waals surface area contributed by atoms with Crippen LogP contribution in [0, 0.1) is 0 Å². The van der Waals surface area contributed by atoms with E-state index >= 15 is 0 Å². The number of hydrogen-bond acceptors (Lipinski definition) is 3. The molecular formula is C57H35N3O. The molecule has 0 radical (unpaired) electrons. The summed E-state index contributed by atoms with van der Waals surface area (Å²) in [5.41, 5.74) is 9.51. The Morgan fingerprint density at radius 2 is 1.13 bits per heavy atom. The average Bonchev–Trinajstić information content (AvgIpc) is 3.87. The largest absolute Gasteiger partial charge is 0.454 e. The van der Waals surface area contributed by atoms with Crippen molar-refractivity contribution in [2.75, 3.05) is 0 Å². The van der Waals surface area contributed by atoms with Crippen LogP contribution < -0.4 is 0 Å². The number of benzene rings is 10. The lowest BCUT2D eigenvalue weighted by molar-refractivity contribution is 0.666. The van der Waals surface area contributed by atoms with Gasteiger partial charge in [0, 0.05) is 38.2 Å². The fraction of sp³-hybridized carbons (Fsp3) is 0.0175. The summed E-state index contributed by atoms with van der Waals surface area (Å²) in [7, 11) is 0. The van der Waals surface area contributed by atoms with E-state index in [0.29, 0.717) is 5.84 Å². The first-order valence-corrected chi connectivity index (χ1v) is 20.8. The number of hydrogen-bond donors (Lipinski definition) is 0. The molecule has 0 saturated carbocycles. The molecule has 0 N–H and O–H groups in total. The van der Waals surface area contributed by atoms with E-state index in [0.717, 1.165) is 72.0 Å². The summed E-state index contributed by atoms with van der Waals surface area (Å²) in [5.74, 6) is 0.650. The number of para-hydroxylation sites is 1. The standard InChI is InChI=1S/C57H35N3O/c1-34-54(37-15-3-2-4-16-37)58-57(59-55(34)41-25-27-43-40(31-41)24-23-35-13-7-9-19-42(35)43)46-28-30-49(56-53(46)45-21-11-12-22-51(45)61-56)60-48-29-26-36-14-8-10-20-44(36)52(48)47-32-38-17-5-6-18-39(38)33-50(47)60/h2-33,54H,1H2/t54-/m0/s1. The van der Waals surface area contributed by atoms with Crippen LogP contribution in [0.2, 0.25) is 0 Å². The maximum atomic E-state index is 7.00. The van der Waals surface area contributed by atoms with Gasteiger partial charge in [0.2, 0.25) is 0 Å². The van der Waals surface area contributed by atoms with Crippen molar-refractivity contribution in [2.45, 2.75) is 6.04 Å². The summed E-state index contributed by atoms with van der Waals surface area (Å²) in [5, 5.41) is 14.1. The van der Waals surface area contributed by atoms with Gasteiger partial charge in [0.25, 0.3) is 0 Å². The quantitative estimate of drug-likeness (QED) is 0.164. The van der Waals surface area contributed by atoms with Gasteiger partial charge in [0.15, 0.2) is 11.4 Å². The predicted molar refractivity (Wildman–Crippen MR) is 256 cm³/mol. The lowest BCUT2D eigenvalue weighted by Gasteiger charge is -2.24. The minimum absolute atomic E-state index is 0.331. The number of fused-ring (bicyclic) bond motifs is 12. The third-order valence-electron chi connectivity index (χ3n) is 12.7. The maximum absolute atomic E-state index is 7.00. The second kappa shape index (κ2) is 13.0. The summed E-state index contributed by atoms with van der Waals surface area (Å²) in [6, 6.07) is 68.9. The SMILES string of the molecule is C=C1C(c2ccc3c(ccc4ccccc43)c2)=NC(c2ccc(-n3c4cc5ccccc5cc4c4c5ccccc5ccc43)c3oc4ccccc4c23)=N[C@@H]1c1ccccc1. The Balaban J connectivity index is 1.08. The number of rotatable bonds is 4. The molecule has 12 aromatic rings. The van der Waals surface area contributed by atoms with Crippen LogP contribution in [0.3, 0.4) is 0 Å². The number of furan rings is 1. The first kappa shape index (κ1) is 33.8. The Labute approximate surface area is 350 Å². The lowest BCUT2D eigenvalue weighted by atomic mass is 9.90. The Morgan fingerprint density at radius 1 is 0.475 bits per heavy atom. The van der Waals surface area contributed by atoms with Gasteiger partial charge < -0.3 is 8.98 Å². The highest BCUT2D eigenvalue weighted by Gasteiger charge is 2.29. The van der Waals surface area contributed by atoms with Gasteiger partial charge in [-0.2, -0.15) is 0 Å². The van der Waals surface area contributed by atoms with Gasteiger partial charge in [-0.15, -0.1) is 0 Å². The summed E-state index contributed by atoms with van der Waals surface area (Å²) >= 11 is 0. The van der Waals surface area contributed by atoms with E-state index in [2.05, 4.69) is 193 Å². The second-order valence-corrected chi connectivity index (χ2v) is 16.1. The van der Waals surface area contributed by atoms with E-state index in [1.807, 2.05) is 12.1 Å². The minimum atomic E-state index is -0.331. The Hall–Kier alpha value is -8.08. The summed E-state index contributed by atoms with van der Waals surface area (Å²) in [6.45, 7) is 4.68. The summed E-state index contributed by atoms with van der Waals surface area (Å²) in [4.78, 5) is 10.9. The Kier molecular flexibility index (Phi) is 7.19. The topological polar surface area (TPSA) is 42.8 Å². The van der Waals surface area contributed by atoms with Gasteiger partial charge in [0.1, 0.15) is 11.6 Å². The van der Waals surface area contributed by atoms with Crippen LogP contribution in [0.5, 0.6) is 0 Å². The zero-order chi connectivity index (χ0) is 40.2. The molecule has 0 bridgehead atoms. The zero-order valence-electron chi connectivity index (χ0n) is 33.0. The number of aliphatic imine (C=N–C) groups is 2. The van der Waals surface area contributed by atoms with Crippen LogP contribution >= 0.6 is 0 Å². The van der Waals surface area contributed by atoms with Gasteiger partial charge >= 0.3 is 0 Å². The normalized spacial score (nSPS) is 14.6. The van der Waals surface area contributed by atoms with Crippen LogP contribution in [0.15, 0.2) is 221 Å². The molecule has 10 aromatic carbocycles. The molecule has 4 heteroatoms. The molecule has 13 rings (SSSR count). The molecule has 3 heterocycles. The molecule has 0 spiro atoms. The summed E-state index contributed by atoms with van der Waals surface area (Å²) in [6.07, 6.45) is 0. The van der Waals surface area contributed by atoms with Crippen LogP contribution in [0.1, 0.15) is 22.7 Å². The maximum Gasteiger partial charge on any atom is 0.160 e. The molecule has 284 valence electrons. The van der Waals surface area contributed by atoms with E-state index in [9.17, 15) is 0 Å². The molecule has 0 saturated heterocycles. The molecule has 1 aliphatic rings. The Morgan fingerprint density at radius 3 is 1.97 bits per heavy atom. The molecule has 1 atom stereocenters. The van der Waals surface area contributed by atoms with E-state index < -0.39 is 0 Å². The highest BCUT2D eigenvalue weighted by atomic mass is 16.3. The smallest absolute Gasteiger partial charge is 0.160 e. The van der Waals surface area contributed by atoms with Crippen molar-refractivity contribution in [2.24, 2.45) is 9.98 Å². The van der Waals surface area contributed by atoms with Crippen molar-refractivity contribution in [3.8, 4) is 5.69 Å². The predicted octanol–water partition coefficient (Wildman–Crippen LogP) is 14.8. The molecule has 61 heavy (non-hydrogen) atoms. The van der Waals surface area contributed by atoms with Gasteiger partial charge in [-0.05, 0) is 91.1 Å². The third kappa shape index (κ3) is 5.06. The fourth-order valence-electron chi connectivity index (χ4n) is 9.90. The van der Waals surface area contributed by atoms with Crippen LogP contribution in [-0.4, -0.2) is 16.1 Å². The molecule has 0 aliphatic carbocycles. The first-order chi connectivity index (χ1) is 30.2. The monoisotopic (exact) mass is 777 g/mol. The van der Waals surface area contributed by atoms with Crippen LogP contribution in [0.4, 0.5) is 0 Å². The van der Waals surface area contributed by atoms with Gasteiger partial charge in [0.05, 0.1) is 22.4 Å². The van der Waals surface area contributed by atoms with E-state index in [1.165, 1.54) is 48.5 Å². The second-order valence-electron chi connectivity index (χ2n) is 16.1. The molecule has 2 aromatic heterocycles. The number of nitrogens with zero attached hydrogens (tertiary/aromatic N) is 3. The lowest BCUT2D eigenvalue weighted by Crippen LogP contribution is -2.20. The molecule has 1 aliphatic heterocycles. The van der Waals surface area contributed by atoms with Crippen molar-refractivity contribution in [3.63, 3.8) is 0 Å². The van der Waals surface area contributed by atoms with E-state index in [4.69, 9.17) is 14.4 Å². The van der Waals surface area contributed by atoms with Crippen molar-refractivity contribution in [1.82, 2.24) is 4.57 Å². The third-order valence-corrected chi connectivity index (χ3v) is 12.7. The van der Waals surface area contributed by atoms with Gasteiger partial charge in [-0.1, -0.05) is 158 Å². The molecule has 0 amide bonds. The highest BCUT2D eigenvalue weighted by molar-refractivity contribution is 6.28. The fourth-order valence-corrected chi connectivity index (χ4v) is 9.90. The van der Waals surface area contributed by atoms with Crippen molar-refractivity contribution in [1.29, 1.82) is 0 Å². The molecule has 0 fully saturated rings. The molecule has 4 nitrogen and oxygen atoms in total.